The summed E-state index contributed by atoms with van der Waals surface area (Å²) in [6.45, 7) is 13.7. The van der Waals surface area contributed by atoms with E-state index in [9.17, 15) is 10.2 Å². The fourth-order valence-electron chi connectivity index (χ4n) is 9.19. The molecule has 4 rings (SSSR count). The third kappa shape index (κ3) is 3.84. The summed E-state index contributed by atoms with van der Waals surface area (Å²) in [4.78, 5) is 0. The van der Waals surface area contributed by atoms with Crippen LogP contribution in [-0.4, -0.2) is 21.4 Å². The van der Waals surface area contributed by atoms with Crippen LogP contribution in [0.15, 0.2) is 0 Å². The zero-order valence-corrected chi connectivity index (χ0v) is 20.1. The van der Waals surface area contributed by atoms with Crippen molar-refractivity contribution in [3.8, 4) is 0 Å². The number of hydrogen-bond acceptors (Lipinski definition) is 2. The number of aliphatic hydroxyl groups is 2. The van der Waals surface area contributed by atoms with Crippen LogP contribution in [0.5, 0.6) is 0 Å². The van der Waals surface area contributed by atoms with Gasteiger partial charge in [-0.1, -0.05) is 20.8 Å². The Balaban J connectivity index is 1.49. The van der Waals surface area contributed by atoms with Gasteiger partial charge in [0.1, 0.15) is 0 Å². The zero-order chi connectivity index (χ0) is 21.2. The van der Waals surface area contributed by atoms with Crippen molar-refractivity contribution in [2.45, 2.75) is 123 Å². The quantitative estimate of drug-likeness (QED) is 0.555. The lowest BCUT2D eigenvalue weighted by Crippen LogP contribution is -2.55. The Kier molecular flexibility index (Phi) is 5.51. The van der Waals surface area contributed by atoms with E-state index in [4.69, 9.17) is 0 Å². The molecule has 9 atom stereocenters. The van der Waals surface area contributed by atoms with Gasteiger partial charge in [-0.15, -0.1) is 0 Å². The van der Waals surface area contributed by atoms with Crippen molar-refractivity contribution in [2.24, 2.45) is 46.3 Å². The van der Waals surface area contributed by atoms with Crippen LogP contribution >= 0.6 is 0 Å². The highest BCUT2D eigenvalue weighted by molar-refractivity contribution is 5.10. The number of fused-ring (bicyclic) bond motifs is 5. The predicted molar refractivity (Wildman–Crippen MR) is 121 cm³/mol. The molecule has 2 heteroatoms. The Labute approximate surface area is 180 Å². The van der Waals surface area contributed by atoms with Crippen LogP contribution in [0.1, 0.15) is 112 Å². The van der Waals surface area contributed by atoms with Gasteiger partial charge in [0.15, 0.2) is 0 Å². The second-order valence-electron chi connectivity index (χ2n) is 13.4. The van der Waals surface area contributed by atoms with E-state index in [0.717, 1.165) is 54.8 Å². The van der Waals surface area contributed by atoms with E-state index < -0.39 is 11.2 Å². The van der Waals surface area contributed by atoms with E-state index in [-0.39, 0.29) is 0 Å². The fraction of sp³-hybridized carbons (Fsp3) is 1.00. The molecule has 4 fully saturated rings. The number of hydrogen-bond donors (Lipinski definition) is 2. The van der Waals surface area contributed by atoms with Crippen LogP contribution in [0, 0.1) is 46.3 Å². The van der Waals surface area contributed by atoms with Crippen LogP contribution in [0.4, 0.5) is 0 Å². The summed E-state index contributed by atoms with van der Waals surface area (Å²) in [5, 5.41) is 20.9. The molecule has 0 heterocycles. The van der Waals surface area contributed by atoms with E-state index >= 15 is 0 Å². The SMILES string of the molecule is C[C@H](CCC(C)(C)O)[C@H]1CCC2C3CCC4C[C@@](C)(O)CCC4(C)C3CCC21C. The highest BCUT2D eigenvalue weighted by atomic mass is 16.3. The summed E-state index contributed by atoms with van der Waals surface area (Å²) < 4.78 is 0. The standard InChI is InChI=1S/C27H48O2/c1-18(11-13-24(2,3)28)21-9-10-22-20-8-7-19-17-25(4,29)15-16-26(19,5)23(20)12-14-27(21,22)6/h18-23,28-29H,7-17H2,1-6H3/t18-,19?,20?,21-,22?,23?,25+,26?,27?/m1/s1. The van der Waals surface area contributed by atoms with E-state index in [0.29, 0.717) is 10.8 Å². The minimum atomic E-state index is -0.528. The van der Waals surface area contributed by atoms with Crippen molar-refractivity contribution in [3.63, 3.8) is 0 Å². The van der Waals surface area contributed by atoms with Gasteiger partial charge in [-0.3, -0.25) is 0 Å². The van der Waals surface area contributed by atoms with Crippen molar-refractivity contribution >= 4 is 0 Å². The monoisotopic (exact) mass is 404 g/mol. The molecule has 4 saturated carbocycles. The second-order valence-corrected chi connectivity index (χ2v) is 13.4. The smallest absolute Gasteiger partial charge is 0.0622 e. The molecule has 0 spiro atoms. The first kappa shape index (κ1) is 22.1. The molecule has 0 aromatic rings. The molecule has 6 unspecified atom stereocenters. The molecule has 0 saturated heterocycles. The van der Waals surface area contributed by atoms with E-state index in [1.54, 1.807) is 0 Å². The molecule has 2 N–H and O–H groups in total. The van der Waals surface area contributed by atoms with Gasteiger partial charge in [-0.05, 0) is 138 Å². The number of rotatable bonds is 4. The zero-order valence-electron chi connectivity index (χ0n) is 20.1. The molecule has 4 aliphatic rings. The summed E-state index contributed by atoms with van der Waals surface area (Å²) in [7, 11) is 0. The maximum atomic E-state index is 10.7. The summed E-state index contributed by atoms with van der Waals surface area (Å²) in [5.41, 5.74) is 0.0369. The van der Waals surface area contributed by atoms with Crippen LogP contribution in [-0.2, 0) is 0 Å². The lowest BCUT2D eigenvalue weighted by molar-refractivity contribution is -0.148. The van der Waals surface area contributed by atoms with Crippen molar-refractivity contribution in [3.05, 3.63) is 0 Å². The van der Waals surface area contributed by atoms with Gasteiger partial charge in [-0.2, -0.15) is 0 Å². The van der Waals surface area contributed by atoms with Crippen molar-refractivity contribution < 1.29 is 10.2 Å². The highest BCUT2D eigenvalue weighted by Gasteiger charge is 2.61. The van der Waals surface area contributed by atoms with Crippen molar-refractivity contribution in [1.29, 1.82) is 0 Å². The van der Waals surface area contributed by atoms with Crippen molar-refractivity contribution in [1.82, 2.24) is 0 Å². The Morgan fingerprint density at radius 2 is 1.59 bits per heavy atom. The molecule has 0 aliphatic heterocycles. The summed E-state index contributed by atoms with van der Waals surface area (Å²) in [5.74, 6) is 5.03. The van der Waals surface area contributed by atoms with Gasteiger partial charge in [0.2, 0.25) is 0 Å². The van der Waals surface area contributed by atoms with E-state index in [1.807, 2.05) is 13.8 Å². The van der Waals surface area contributed by atoms with Gasteiger partial charge >= 0.3 is 0 Å². The normalized spacial score (nSPS) is 51.1. The molecule has 4 aliphatic carbocycles. The largest absolute Gasteiger partial charge is 0.390 e. The average molecular weight is 405 g/mol. The molecular formula is C27H48O2. The Hall–Kier alpha value is -0.0800. The molecule has 0 aromatic carbocycles. The second kappa shape index (κ2) is 7.22. The van der Waals surface area contributed by atoms with Crippen molar-refractivity contribution in [2.75, 3.05) is 0 Å². The predicted octanol–water partition coefficient (Wildman–Crippen LogP) is 6.58. The van der Waals surface area contributed by atoms with E-state index in [1.165, 1.54) is 51.4 Å². The van der Waals surface area contributed by atoms with Crippen LogP contribution in [0.2, 0.25) is 0 Å². The maximum Gasteiger partial charge on any atom is 0.0622 e. The Morgan fingerprint density at radius 1 is 0.897 bits per heavy atom. The summed E-state index contributed by atoms with van der Waals surface area (Å²) in [6, 6.07) is 0. The maximum absolute atomic E-state index is 10.7. The topological polar surface area (TPSA) is 40.5 Å². The summed E-state index contributed by atoms with van der Waals surface area (Å²) >= 11 is 0. The highest BCUT2D eigenvalue weighted by Crippen LogP contribution is 2.68. The van der Waals surface area contributed by atoms with E-state index in [2.05, 4.69) is 27.7 Å². The first-order chi connectivity index (χ1) is 13.4. The van der Waals surface area contributed by atoms with Gasteiger partial charge in [0.25, 0.3) is 0 Å². The molecule has 0 amide bonds. The molecule has 2 nitrogen and oxygen atoms in total. The molecule has 0 radical (unpaired) electrons. The third-order valence-corrected chi connectivity index (χ3v) is 10.9. The lowest BCUT2D eigenvalue weighted by atomic mass is 9.43. The first-order valence-corrected chi connectivity index (χ1v) is 12.8. The van der Waals surface area contributed by atoms with Gasteiger partial charge in [0, 0.05) is 0 Å². The van der Waals surface area contributed by atoms with Crippen LogP contribution in [0.3, 0.4) is 0 Å². The van der Waals surface area contributed by atoms with Gasteiger partial charge < -0.3 is 10.2 Å². The minimum Gasteiger partial charge on any atom is -0.390 e. The molecular weight excluding hydrogens is 356 g/mol. The van der Waals surface area contributed by atoms with Crippen LogP contribution in [0.25, 0.3) is 0 Å². The average Bonchev–Trinajstić information content (AvgIpc) is 2.97. The Morgan fingerprint density at radius 3 is 2.28 bits per heavy atom. The Bertz CT molecular complexity index is 604. The van der Waals surface area contributed by atoms with Gasteiger partial charge in [-0.25, -0.2) is 0 Å². The lowest BCUT2D eigenvalue weighted by Gasteiger charge is -2.62. The first-order valence-electron chi connectivity index (χ1n) is 12.8. The minimum absolute atomic E-state index is 0.422. The van der Waals surface area contributed by atoms with Gasteiger partial charge in [0.05, 0.1) is 11.2 Å². The molecule has 0 bridgehead atoms. The van der Waals surface area contributed by atoms with Crippen LogP contribution < -0.4 is 0 Å². The third-order valence-electron chi connectivity index (χ3n) is 10.9. The summed E-state index contributed by atoms with van der Waals surface area (Å²) in [6.07, 6.45) is 13.8. The fourth-order valence-corrected chi connectivity index (χ4v) is 9.19. The molecule has 29 heavy (non-hydrogen) atoms. The molecule has 168 valence electrons. The molecule has 0 aromatic heterocycles.